The Labute approximate surface area is 182 Å². The zero-order valence-corrected chi connectivity index (χ0v) is 18.6. The van der Waals surface area contributed by atoms with Crippen molar-refractivity contribution in [3.8, 4) is 0 Å². The van der Waals surface area contributed by atoms with Gasteiger partial charge in [-0.25, -0.2) is 9.79 Å². The fourth-order valence-corrected chi connectivity index (χ4v) is 5.65. The molecule has 4 heterocycles. The lowest BCUT2D eigenvalue weighted by Crippen LogP contribution is -2.55. The van der Waals surface area contributed by atoms with Crippen LogP contribution >= 0.6 is 11.3 Å². The van der Waals surface area contributed by atoms with Gasteiger partial charge in [0.1, 0.15) is 4.53 Å². The minimum Gasteiger partial charge on any atom is -0.305 e. The van der Waals surface area contributed by atoms with Gasteiger partial charge in [0.05, 0.1) is 11.3 Å². The molecule has 162 valence electrons. The van der Waals surface area contributed by atoms with Gasteiger partial charge in [0.2, 0.25) is 4.80 Å². The highest BCUT2D eigenvalue weighted by Gasteiger charge is 2.47. The maximum atomic E-state index is 13.4. The molecule has 1 aromatic heterocycles. The van der Waals surface area contributed by atoms with Crippen molar-refractivity contribution >= 4 is 34.5 Å². The van der Waals surface area contributed by atoms with Crippen LogP contribution < -0.4 is 25.2 Å². The van der Waals surface area contributed by atoms with Crippen molar-refractivity contribution in [1.82, 2.24) is 14.5 Å². The third-order valence-electron chi connectivity index (χ3n) is 6.01. The van der Waals surface area contributed by atoms with E-state index in [4.69, 9.17) is 4.99 Å². The van der Waals surface area contributed by atoms with E-state index in [1.54, 1.807) is 14.7 Å². The summed E-state index contributed by atoms with van der Waals surface area (Å²) in [7, 11) is 0. The van der Waals surface area contributed by atoms with Gasteiger partial charge < -0.3 is 4.90 Å². The molecule has 0 radical (unpaired) electrons. The van der Waals surface area contributed by atoms with E-state index < -0.39 is 12.3 Å². The van der Waals surface area contributed by atoms with E-state index >= 15 is 0 Å². The average Bonchev–Trinajstić information content (AvgIpc) is 3.31. The second kappa shape index (κ2) is 6.94. The molecule has 1 saturated heterocycles. The zero-order chi connectivity index (χ0) is 22.0. The summed E-state index contributed by atoms with van der Waals surface area (Å²) < 4.78 is 1.75. The topological polar surface area (TPSA) is 90.3 Å². The van der Waals surface area contributed by atoms with E-state index in [0.29, 0.717) is 28.0 Å². The highest BCUT2D eigenvalue weighted by Crippen LogP contribution is 2.36. The molecule has 10 heteroatoms. The number of amides is 3. The SMILES string of the molecule is CCN1C(=O)N(CC)C2Nn3c(s/c(=C4\C(=O)N(C(C)C)c5ccccc54)c3=O)=NC21. The van der Waals surface area contributed by atoms with E-state index in [1.165, 1.54) is 16.0 Å². The van der Waals surface area contributed by atoms with E-state index in [1.807, 2.05) is 52.0 Å². The Morgan fingerprint density at radius 1 is 1.10 bits per heavy atom. The van der Waals surface area contributed by atoms with Gasteiger partial charge >= 0.3 is 6.03 Å². The minimum atomic E-state index is -0.422. The van der Waals surface area contributed by atoms with Crippen molar-refractivity contribution in [1.29, 1.82) is 0 Å². The molecule has 0 saturated carbocycles. The first-order valence-electron chi connectivity index (χ1n) is 10.5. The number of thiazole rings is 1. The molecule has 1 N–H and O–H groups in total. The van der Waals surface area contributed by atoms with Crippen LogP contribution in [0.2, 0.25) is 0 Å². The van der Waals surface area contributed by atoms with Gasteiger partial charge in [0, 0.05) is 24.7 Å². The summed E-state index contributed by atoms with van der Waals surface area (Å²) in [5.41, 5.74) is 4.86. The van der Waals surface area contributed by atoms with Gasteiger partial charge in [0.15, 0.2) is 12.3 Å². The standard InChI is InChI=1S/C21H24N6O3S/c1-5-24-16-17(25(6-2)21(24)30)23-27-19(29)15(31-20(27)22-16)14-12-9-7-8-10-13(12)26(11(3)4)18(14)28/h7-11,16-17,23H,5-6H2,1-4H3/b15-14-. The van der Waals surface area contributed by atoms with Crippen molar-refractivity contribution in [2.75, 3.05) is 23.4 Å². The molecule has 9 nitrogen and oxygen atoms in total. The molecular weight excluding hydrogens is 416 g/mol. The predicted molar refractivity (Wildman–Crippen MR) is 118 cm³/mol. The van der Waals surface area contributed by atoms with Crippen LogP contribution in [0.5, 0.6) is 0 Å². The van der Waals surface area contributed by atoms with Crippen LogP contribution in [-0.4, -0.2) is 57.9 Å². The first kappa shape index (κ1) is 19.8. The molecule has 3 aliphatic heterocycles. The van der Waals surface area contributed by atoms with Gasteiger partial charge in [-0.05, 0) is 33.8 Å². The molecule has 0 spiro atoms. The number of likely N-dealkylation sites (N-methyl/N-ethyl adjacent to an activating group) is 2. The fraction of sp³-hybridized carbons (Fsp3) is 0.429. The number of rotatable bonds is 3. The summed E-state index contributed by atoms with van der Waals surface area (Å²) in [6, 6.07) is 7.42. The number of carbonyl (C=O) groups excluding carboxylic acids is 2. The minimum absolute atomic E-state index is 0.0344. The Balaban J connectivity index is 1.73. The van der Waals surface area contributed by atoms with E-state index in [-0.39, 0.29) is 23.5 Å². The second-order valence-corrected chi connectivity index (χ2v) is 8.96. The molecule has 1 aromatic carbocycles. The Kier molecular flexibility index (Phi) is 4.44. The largest absolute Gasteiger partial charge is 0.323 e. The molecular formula is C21H24N6O3S. The van der Waals surface area contributed by atoms with Crippen LogP contribution in [0.15, 0.2) is 34.1 Å². The first-order valence-corrected chi connectivity index (χ1v) is 11.3. The van der Waals surface area contributed by atoms with Crippen LogP contribution in [0.3, 0.4) is 0 Å². The van der Waals surface area contributed by atoms with Crippen LogP contribution in [0.25, 0.3) is 5.57 Å². The van der Waals surface area contributed by atoms with Gasteiger partial charge in [-0.2, -0.15) is 4.68 Å². The number of anilines is 1. The molecule has 2 atom stereocenters. The number of hydrogen-bond acceptors (Lipinski definition) is 6. The van der Waals surface area contributed by atoms with Gasteiger partial charge in [-0.1, -0.05) is 29.5 Å². The van der Waals surface area contributed by atoms with Crippen molar-refractivity contribution < 1.29 is 9.59 Å². The Morgan fingerprint density at radius 3 is 2.48 bits per heavy atom. The molecule has 31 heavy (non-hydrogen) atoms. The summed E-state index contributed by atoms with van der Waals surface area (Å²) in [6.45, 7) is 8.76. The smallest absolute Gasteiger partial charge is 0.305 e. The lowest BCUT2D eigenvalue weighted by Gasteiger charge is -2.28. The molecule has 5 rings (SSSR count). The van der Waals surface area contributed by atoms with Crippen LogP contribution in [0.4, 0.5) is 10.5 Å². The number of nitrogens with zero attached hydrogens (tertiary/aromatic N) is 5. The summed E-state index contributed by atoms with van der Waals surface area (Å²) >= 11 is 1.19. The lowest BCUT2D eigenvalue weighted by atomic mass is 10.1. The van der Waals surface area contributed by atoms with Crippen LogP contribution in [0.1, 0.15) is 33.3 Å². The summed E-state index contributed by atoms with van der Waals surface area (Å²) in [6.07, 6.45) is -0.832. The maximum absolute atomic E-state index is 13.4. The third-order valence-corrected chi connectivity index (χ3v) is 7.06. The molecule has 3 aliphatic rings. The Morgan fingerprint density at radius 2 is 1.81 bits per heavy atom. The van der Waals surface area contributed by atoms with Crippen LogP contribution in [0, 0.1) is 0 Å². The van der Waals surface area contributed by atoms with E-state index in [2.05, 4.69) is 5.43 Å². The number of hydrogen-bond donors (Lipinski definition) is 1. The monoisotopic (exact) mass is 440 g/mol. The third kappa shape index (κ3) is 2.60. The first-order chi connectivity index (χ1) is 14.9. The molecule has 1 fully saturated rings. The Bertz CT molecular complexity index is 1280. The van der Waals surface area contributed by atoms with Gasteiger partial charge in [-0.3, -0.25) is 24.8 Å². The quantitative estimate of drug-likeness (QED) is 0.751. The van der Waals surface area contributed by atoms with Crippen LogP contribution in [-0.2, 0) is 4.79 Å². The zero-order valence-electron chi connectivity index (χ0n) is 17.8. The highest BCUT2D eigenvalue weighted by atomic mass is 32.1. The fourth-order valence-electron chi connectivity index (χ4n) is 4.60. The molecule has 3 amide bonds. The number of aromatic nitrogens is 1. The Hall–Kier alpha value is -3.14. The van der Waals surface area contributed by atoms with Crippen molar-refractivity contribution in [2.24, 2.45) is 4.99 Å². The van der Waals surface area contributed by atoms with Crippen molar-refractivity contribution in [3.05, 3.63) is 49.5 Å². The number of urea groups is 1. The number of fused-ring (bicyclic) bond motifs is 3. The van der Waals surface area contributed by atoms with Crippen molar-refractivity contribution in [2.45, 2.75) is 46.1 Å². The van der Waals surface area contributed by atoms with Gasteiger partial charge in [-0.15, -0.1) is 0 Å². The number of benzene rings is 1. The van der Waals surface area contributed by atoms with E-state index in [9.17, 15) is 14.4 Å². The highest BCUT2D eigenvalue weighted by molar-refractivity contribution is 7.07. The maximum Gasteiger partial charge on any atom is 0.323 e. The van der Waals surface area contributed by atoms with Gasteiger partial charge in [0.25, 0.3) is 11.5 Å². The summed E-state index contributed by atoms with van der Waals surface area (Å²) in [5.74, 6) is -0.173. The number of carbonyl (C=O) groups is 2. The summed E-state index contributed by atoms with van der Waals surface area (Å²) in [4.78, 5) is 49.7. The normalized spacial score (nSPS) is 23.7. The molecule has 0 aliphatic carbocycles. The number of nitrogens with one attached hydrogen (secondary N) is 1. The molecule has 2 unspecified atom stereocenters. The predicted octanol–water partition coefficient (Wildman–Crippen LogP) is 0.470. The summed E-state index contributed by atoms with van der Waals surface area (Å²) in [5, 5.41) is 0. The average molecular weight is 441 g/mol. The molecule has 0 bridgehead atoms. The second-order valence-electron chi connectivity index (χ2n) is 7.99. The number of para-hydroxylation sites is 1. The van der Waals surface area contributed by atoms with E-state index in [0.717, 1.165) is 11.3 Å². The lowest BCUT2D eigenvalue weighted by molar-refractivity contribution is -0.113. The molecule has 2 aromatic rings. The van der Waals surface area contributed by atoms with Crippen molar-refractivity contribution in [3.63, 3.8) is 0 Å².